The molecule has 3 fully saturated rings. The van der Waals surface area contributed by atoms with Gasteiger partial charge in [-0.05, 0) is 80.6 Å². The van der Waals surface area contributed by atoms with Crippen molar-refractivity contribution in [3.8, 4) is 12.3 Å². The van der Waals surface area contributed by atoms with E-state index < -0.39 is 0 Å². The highest BCUT2D eigenvalue weighted by Gasteiger charge is 2.64. The van der Waals surface area contributed by atoms with Crippen molar-refractivity contribution in [1.29, 1.82) is 0 Å². The van der Waals surface area contributed by atoms with Gasteiger partial charge in [0.25, 0.3) is 0 Å². The Morgan fingerprint density at radius 2 is 2.12 bits per heavy atom. The van der Waals surface area contributed by atoms with Crippen molar-refractivity contribution in [3.63, 3.8) is 0 Å². The monoisotopic (exact) mass is 354 g/mol. The van der Waals surface area contributed by atoms with Crippen LogP contribution >= 0.6 is 0 Å². The van der Waals surface area contributed by atoms with Crippen molar-refractivity contribution >= 4 is 5.78 Å². The summed E-state index contributed by atoms with van der Waals surface area (Å²) in [6.45, 7) is 7.78. The summed E-state index contributed by atoms with van der Waals surface area (Å²) >= 11 is 0. The summed E-state index contributed by atoms with van der Waals surface area (Å²) in [6.07, 6.45) is 16.7. The second-order valence-electron chi connectivity index (χ2n) is 9.67. The highest BCUT2D eigenvalue weighted by molar-refractivity contribution is 5.91. The van der Waals surface area contributed by atoms with E-state index in [1.807, 2.05) is 6.08 Å². The molecular weight excluding hydrogens is 320 g/mol. The lowest BCUT2D eigenvalue weighted by Gasteiger charge is -2.57. The zero-order valence-electron chi connectivity index (χ0n) is 16.7. The Labute approximate surface area is 159 Å². The minimum Gasteiger partial charge on any atom is -0.362 e. The largest absolute Gasteiger partial charge is 0.362 e. The van der Waals surface area contributed by atoms with E-state index in [-0.39, 0.29) is 11.0 Å². The quantitative estimate of drug-likeness (QED) is 0.653. The molecule has 0 aliphatic heterocycles. The van der Waals surface area contributed by atoms with Gasteiger partial charge in [0.05, 0.1) is 0 Å². The van der Waals surface area contributed by atoms with E-state index >= 15 is 0 Å². The minimum absolute atomic E-state index is 0.109. The van der Waals surface area contributed by atoms with E-state index in [4.69, 9.17) is 11.2 Å². The average Bonchev–Trinajstić information content (AvgIpc) is 2.92. The highest BCUT2D eigenvalue weighted by Crippen LogP contribution is 2.66. The van der Waals surface area contributed by atoms with E-state index in [0.717, 1.165) is 50.5 Å². The van der Waals surface area contributed by atoms with Gasteiger partial charge in [-0.25, -0.2) is 0 Å². The van der Waals surface area contributed by atoms with Crippen LogP contribution in [0.1, 0.15) is 72.1 Å². The van der Waals surface area contributed by atoms with Crippen molar-refractivity contribution in [1.82, 2.24) is 0 Å². The summed E-state index contributed by atoms with van der Waals surface area (Å²) in [5, 5.41) is 0. The molecule has 0 spiro atoms. The van der Waals surface area contributed by atoms with Gasteiger partial charge < -0.3 is 4.74 Å². The Balaban J connectivity index is 1.66. The fraction of sp³-hybridized carbons (Fsp3) is 0.792. The number of carbonyl (C=O) groups excluding carboxylic acids is 1. The van der Waals surface area contributed by atoms with E-state index in [0.29, 0.717) is 23.5 Å². The summed E-state index contributed by atoms with van der Waals surface area (Å²) in [6, 6.07) is 0. The molecule has 2 heteroatoms. The van der Waals surface area contributed by atoms with Crippen LogP contribution in [-0.2, 0) is 9.53 Å². The molecule has 4 aliphatic rings. The van der Waals surface area contributed by atoms with Gasteiger partial charge in [-0.3, -0.25) is 4.79 Å². The number of fused-ring (bicyclic) bond motifs is 5. The van der Waals surface area contributed by atoms with Gasteiger partial charge in [0.2, 0.25) is 0 Å². The zero-order valence-corrected chi connectivity index (χ0v) is 16.7. The molecule has 2 nitrogen and oxygen atoms in total. The van der Waals surface area contributed by atoms with Gasteiger partial charge >= 0.3 is 0 Å². The Morgan fingerprint density at radius 1 is 1.31 bits per heavy atom. The fourth-order valence-corrected chi connectivity index (χ4v) is 7.38. The first-order chi connectivity index (χ1) is 12.5. The van der Waals surface area contributed by atoms with Crippen molar-refractivity contribution in [3.05, 3.63) is 11.6 Å². The third-order valence-electron chi connectivity index (χ3n) is 8.55. The molecule has 0 saturated heterocycles. The lowest BCUT2D eigenvalue weighted by Crippen LogP contribution is -2.54. The topological polar surface area (TPSA) is 26.3 Å². The van der Waals surface area contributed by atoms with Gasteiger partial charge in [-0.15, -0.1) is 6.42 Å². The molecule has 0 bridgehead atoms. The van der Waals surface area contributed by atoms with Gasteiger partial charge in [0.1, 0.15) is 5.60 Å². The van der Waals surface area contributed by atoms with Crippen molar-refractivity contribution < 1.29 is 9.53 Å². The first kappa shape index (κ1) is 18.3. The molecule has 26 heavy (non-hydrogen) atoms. The number of ether oxygens (including phenoxy) is 1. The van der Waals surface area contributed by atoms with E-state index in [1.54, 1.807) is 0 Å². The SMILES string of the molecule is C#C[C@]1(OCCC)CCC2C3C(CC[C@@]21C)C1CCC(=O)C=C1C[C@H]3C. The van der Waals surface area contributed by atoms with Crippen LogP contribution in [0.15, 0.2) is 11.6 Å². The normalized spacial score (nSPS) is 47.4. The third kappa shape index (κ3) is 2.46. The fourth-order valence-electron chi connectivity index (χ4n) is 7.38. The van der Waals surface area contributed by atoms with E-state index in [9.17, 15) is 4.79 Å². The summed E-state index contributed by atoms with van der Waals surface area (Å²) < 4.78 is 6.40. The number of hydrogen-bond acceptors (Lipinski definition) is 2. The van der Waals surface area contributed by atoms with Gasteiger partial charge in [-0.1, -0.05) is 32.3 Å². The average molecular weight is 355 g/mol. The molecule has 0 aromatic heterocycles. The van der Waals surface area contributed by atoms with Crippen molar-refractivity contribution in [2.24, 2.45) is 35.0 Å². The van der Waals surface area contributed by atoms with Crippen LogP contribution in [0.5, 0.6) is 0 Å². The molecule has 4 rings (SSSR count). The van der Waals surface area contributed by atoms with Gasteiger partial charge in [-0.2, -0.15) is 0 Å². The summed E-state index contributed by atoms with van der Waals surface area (Å²) in [4.78, 5) is 11.9. The molecule has 7 atom stereocenters. The van der Waals surface area contributed by atoms with Crippen LogP contribution in [0, 0.1) is 47.3 Å². The third-order valence-corrected chi connectivity index (χ3v) is 8.55. The lowest BCUT2D eigenvalue weighted by molar-refractivity contribution is -0.129. The molecule has 0 amide bonds. The van der Waals surface area contributed by atoms with E-state index in [1.165, 1.54) is 24.8 Å². The first-order valence-electron chi connectivity index (χ1n) is 10.8. The number of carbonyl (C=O) groups is 1. The maximum atomic E-state index is 11.9. The Hall–Kier alpha value is -1.07. The lowest BCUT2D eigenvalue weighted by atomic mass is 9.48. The molecule has 142 valence electrons. The van der Waals surface area contributed by atoms with Crippen molar-refractivity contribution in [2.75, 3.05) is 6.61 Å². The highest BCUT2D eigenvalue weighted by atomic mass is 16.5. The van der Waals surface area contributed by atoms with Gasteiger partial charge in [0, 0.05) is 18.4 Å². The Kier molecular flexibility index (Phi) is 4.59. The molecule has 3 saturated carbocycles. The molecule has 4 aliphatic carbocycles. The molecule has 0 heterocycles. The Morgan fingerprint density at radius 3 is 2.85 bits per heavy atom. The maximum Gasteiger partial charge on any atom is 0.155 e. The number of allylic oxidation sites excluding steroid dienone is 1. The second kappa shape index (κ2) is 6.52. The predicted molar refractivity (Wildman–Crippen MR) is 104 cm³/mol. The van der Waals surface area contributed by atoms with E-state index in [2.05, 4.69) is 26.7 Å². The summed E-state index contributed by atoms with van der Waals surface area (Å²) in [5.74, 6) is 6.95. The van der Waals surface area contributed by atoms with Crippen LogP contribution < -0.4 is 0 Å². The number of rotatable bonds is 3. The number of hydrogen-bond donors (Lipinski definition) is 0. The number of terminal acetylenes is 1. The first-order valence-corrected chi connectivity index (χ1v) is 10.8. The molecule has 0 aromatic carbocycles. The van der Waals surface area contributed by atoms with Gasteiger partial charge in [0.15, 0.2) is 5.78 Å². The molecule has 0 aromatic rings. The molecule has 0 radical (unpaired) electrons. The maximum absolute atomic E-state index is 11.9. The minimum atomic E-state index is -0.364. The summed E-state index contributed by atoms with van der Waals surface area (Å²) in [7, 11) is 0. The predicted octanol–water partition coefficient (Wildman–Crippen LogP) is 5.17. The zero-order chi connectivity index (χ0) is 18.5. The molecule has 0 N–H and O–H groups in total. The second-order valence-corrected chi connectivity index (χ2v) is 9.67. The van der Waals surface area contributed by atoms with Crippen LogP contribution in [0.3, 0.4) is 0 Å². The molecule has 4 unspecified atom stereocenters. The van der Waals surface area contributed by atoms with Crippen LogP contribution in [-0.4, -0.2) is 18.0 Å². The smallest absolute Gasteiger partial charge is 0.155 e. The Bertz CT molecular complexity index is 656. The number of ketones is 1. The van der Waals surface area contributed by atoms with Crippen molar-refractivity contribution in [2.45, 2.75) is 77.7 Å². The standard InChI is InChI=1S/C24H34O2/c1-5-13-26-24(6-2)12-10-21-22-16(3)14-17-15-18(25)7-8-19(17)20(22)9-11-23(21,24)4/h2,15-16,19-22H,5,7-14H2,1,3-4H3/t16-,19?,20?,21?,22?,23+,24+/m1/s1. The van der Waals surface area contributed by atoms with Crippen LogP contribution in [0.2, 0.25) is 0 Å². The molecular formula is C24H34O2. The summed E-state index contributed by atoms with van der Waals surface area (Å²) in [5.41, 5.74) is 1.21. The van der Waals surface area contributed by atoms with Crippen LogP contribution in [0.25, 0.3) is 0 Å². The van der Waals surface area contributed by atoms with Crippen LogP contribution in [0.4, 0.5) is 0 Å².